The molecule has 0 atom stereocenters. The zero-order valence-corrected chi connectivity index (χ0v) is 16.2. The molecule has 0 N–H and O–H groups in total. The van der Waals surface area contributed by atoms with Gasteiger partial charge in [0.25, 0.3) is 0 Å². The molecule has 1 aliphatic rings. The van der Waals surface area contributed by atoms with E-state index >= 15 is 0 Å². The van der Waals surface area contributed by atoms with Crippen LogP contribution in [0.25, 0.3) is 5.65 Å². The number of nitrogens with zero attached hydrogens (tertiary/aromatic N) is 9. The Morgan fingerprint density at radius 1 is 0.926 bits per heavy atom. The zero-order valence-electron chi connectivity index (χ0n) is 16.2. The van der Waals surface area contributed by atoms with Crippen LogP contribution in [0, 0.1) is 0 Å². The lowest BCUT2D eigenvalue weighted by Gasteiger charge is -2.31. The van der Waals surface area contributed by atoms with Crippen molar-refractivity contribution >= 4 is 23.2 Å². The first-order chi connectivity index (χ1) is 13.0. The van der Waals surface area contributed by atoms with Gasteiger partial charge in [0, 0.05) is 53.4 Å². The van der Waals surface area contributed by atoms with Crippen molar-refractivity contribution in [1.29, 1.82) is 0 Å². The molecule has 3 aromatic heterocycles. The summed E-state index contributed by atoms with van der Waals surface area (Å²) in [5.41, 5.74) is 0.792. The van der Waals surface area contributed by atoms with Gasteiger partial charge in [-0.05, 0) is 31.0 Å². The lowest BCUT2D eigenvalue weighted by Crippen LogP contribution is -2.35. The molecule has 0 radical (unpaired) electrons. The van der Waals surface area contributed by atoms with Crippen LogP contribution in [0.5, 0.6) is 0 Å². The van der Waals surface area contributed by atoms with Crippen molar-refractivity contribution in [3.05, 3.63) is 30.2 Å². The molecule has 142 valence electrons. The Kier molecular flexibility index (Phi) is 4.51. The minimum atomic E-state index is 0.332. The number of hydrogen-bond donors (Lipinski definition) is 0. The van der Waals surface area contributed by atoms with E-state index in [1.165, 1.54) is 0 Å². The molecule has 0 spiro atoms. The number of piperidine rings is 1. The van der Waals surface area contributed by atoms with Crippen LogP contribution in [-0.2, 0) is 0 Å². The van der Waals surface area contributed by atoms with Crippen molar-refractivity contribution in [2.24, 2.45) is 0 Å². The summed E-state index contributed by atoms with van der Waals surface area (Å²) < 4.78 is 1.89. The topological polar surface area (TPSA) is 78.6 Å². The molecule has 0 bridgehead atoms. The predicted octanol–water partition coefficient (Wildman–Crippen LogP) is 1.43. The minimum Gasteiger partial charge on any atom is -0.363 e. The summed E-state index contributed by atoms with van der Waals surface area (Å²) >= 11 is 0. The van der Waals surface area contributed by atoms with E-state index in [9.17, 15) is 0 Å². The summed E-state index contributed by atoms with van der Waals surface area (Å²) in [6.07, 6.45) is 3.77. The first-order valence-corrected chi connectivity index (χ1v) is 9.18. The molecule has 0 saturated carbocycles. The van der Waals surface area contributed by atoms with Crippen LogP contribution in [-0.4, -0.2) is 71.1 Å². The molecule has 9 nitrogen and oxygen atoms in total. The highest BCUT2D eigenvalue weighted by molar-refractivity contribution is 5.45. The van der Waals surface area contributed by atoms with Crippen molar-refractivity contribution in [2.45, 2.75) is 18.8 Å². The van der Waals surface area contributed by atoms with E-state index in [4.69, 9.17) is 5.10 Å². The van der Waals surface area contributed by atoms with E-state index in [1.54, 1.807) is 0 Å². The van der Waals surface area contributed by atoms with Crippen molar-refractivity contribution in [3.63, 3.8) is 0 Å². The van der Waals surface area contributed by atoms with E-state index < -0.39 is 0 Å². The summed E-state index contributed by atoms with van der Waals surface area (Å²) in [6.45, 7) is 1.79. The SMILES string of the molecule is CN(C)c1ccnc(N2CCC(c3nnc4ccc(N(C)C)nn34)CC2)n1. The number of rotatable bonds is 4. The lowest BCUT2D eigenvalue weighted by atomic mass is 9.96. The van der Waals surface area contributed by atoms with Crippen LogP contribution in [0.4, 0.5) is 17.6 Å². The number of anilines is 3. The van der Waals surface area contributed by atoms with Gasteiger partial charge >= 0.3 is 0 Å². The molecule has 1 fully saturated rings. The minimum absolute atomic E-state index is 0.332. The van der Waals surface area contributed by atoms with Gasteiger partial charge in [-0.1, -0.05) is 0 Å². The molecule has 1 saturated heterocycles. The molecule has 0 aliphatic carbocycles. The van der Waals surface area contributed by atoms with Gasteiger partial charge in [0.05, 0.1) is 0 Å². The summed E-state index contributed by atoms with van der Waals surface area (Å²) in [6, 6.07) is 5.85. The molecular formula is C18H25N9. The van der Waals surface area contributed by atoms with E-state index in [0.29, 0.717) is 5.92 Å². The van der Waals surface area contributed by atoms with Crippen LogP contribution in [0.3, 0.4) is 0 Å². The fraction of sp³-hybridized carbons (Fsp3) is 0.500. The Bertz CT molecular complexity index is 925. The van der Waals surface area contributed by atoms with Crippen LogP contribution in [0.1, 0.15) is 24.6 Å². The standard InChI is InChI=1S/C18H25N9/c1-24(2)14-7-10-19-18(20-14)26-11-8-13(9-12-26)17-22-21-15-5-6-16(25(3)4)23-27(15)17/h5-7,10,13H,8-9,11-12H2,1-4H3. The molecule has 4 heterocycles. The first-order valence-electron chi connectivity index (χ1n) is 9.18. The summed E-state index contributed by atoms with van der Waals surface area (Å²) in [4.78, 5) is 15.3. The highest BCUT2D eigenvalue weighted by Gasteiger charge is 2.26. The second-order valence-electron chi connectivity index (χ2n) is 7.28. The Balaban J connectivity index is 1.52. The first kappa shape index (κ1) is 17.4. The van der Waals surface area contributed by atoms with Gasteiger partial charge in [-0.3, -0.25) is 0 Å². The van der Waals surface area contributed by atoms with Gasteiger partial charge in [0.15, 0.2) is 11.5 Å². The van der Waals surface area contributed by atoms with Crippen molar-refractivity contribution in [3.8, 4) is 0 Å². The molecule has 4 rings (SSSR count). The molecule has 0 aromatic carbocycles. The largest absolute Gasteiger partial charge is 0.363 e. The molecule has 0 amide bonds. The Morgan fingerprint density at radius 3 is 2.37 bits per heavy atom. The Hall–Kier alpha value is -2.97. The highest BCUT2D eigenvalue weighted by Crippen LogP contribution is 2.29. The molecule has 9 heteroatoms. The summed E-state index contributed by atoms with van der Waals surface area (Å²) in [5, 5.41) is 13.4. The maximum Gasteiger partial charge on any atom is 0.227 e. The third-order valence-electron chi connectivity index (χ3n) is 4.96. The van der Waals surface area contributed by atoms with E-state index in [1.807, 2.05) is 66.9 Å². The van der Waals surface area contributed by atoms with E-state index in [2.05, 4.69) is 25.1 Å². The van der Waals surface area contributed by atoms with Crippen molar-refractivity contribution in [2.75, 3.05) is 56.0 Å². The number of fused-ring (bicyclic) bond motifs is 1. The average molecular weight is 367 g/mol. The van der Waals surface area contributed by atoms with Gasteiger partial charge in [-0.25, -0.2) is 4.98 Å². The zero-order chi connectivity index (χ0) is 19.0. The van der Waals surface area contributed by atoms with Crippen molar-refractivity contribution < 1.29 is 0 Å². The average Bonchev–Trinajstić information content (AvgIpc) is 3.11. The summed E-state index contributed by atoms with van der Waals surface area (Å²) in [7, 11) is 7.95. The quantitative estimate of drug-likeness (QED) is 0.685. The second-order valence-corrected chi connectivity index (χ2v) is 7.28. The van der Waals surface area contributed by atoms with Gasteiger partial charge in [-0.2, -0.15) is 9.50 Å². The Morgan fingerprint density at radius 2 is 1.67 bits per heavy atom. The third kappa shape index (κ3) is 3.36. The summed E-state index contributed by atoms with van der Waals surface area (Å²) in [5.74, 6) is 3.88. The maximum absolute atomic E-state index is 4.69. The van der Waals surface area contributed by atoms with Gasteiger partial charge < -0.3 is 14.7 Å². The van der Waals surface area contributed by atoms with Crippen molar-refractivity contribution in [1.82, 2.24) is 29.8 Å². The number of aromatic nitrogens is 6. The smallest absolute Gasteiger partial charge is 0.227 e. The van der Waals surface area contributed by atoms with Gasteiger partial charge in [0.1, 0.15) is 11.6 Å². The normalized spacial score (nSPS) is 15.3. The predicted molar refractivity (Wildman–Crippen MR) is 106 cm³/mol. The van der Waals surface area contributed by atoms with Gasteiger partial charge in [0.2, 0.25) is 5.95 Å². The van der Waals surface area contributed by atoms with Crippen LogP contribution in [0.15, 0.2) is 24.4 Å². The fourth-order valence-corrected chi connectivity index (χ4v) is 3.37. The monoisotopic (exact) mass is 367 g/mol. The maximum atomic E-state index is 4.69. The highest BCUT2D eigenvalue weighted by atomic mass is 15.4. The van der Waals surface area contributed by atoms with E-state index in [-0.39, 0.29) is 0 Å². The molecule has 27 heavy (non-hydrogen) atoms. The van der Waals surface area contributed by atoms with Crippen LogP contribution >= 0.6 is 0 Å². The second kappa shape index (κ2) is 6.98. The van der Waals surface area contributed by atoms with Gasteiger partial charge in [-0.15, -0.1) is 15.3 Å². The molecular weight excluding hydrogens is 342 g/mol. The molecule has 3 aromatic rings. The number of hydrogen-bond acceptors (Lipinski definition) is 8. The fourth-order valence-electron chi connectivity index (χ4n) is 3.37. The molecule has 1 aliphatic heterocycles. The van der Waals surface area contributed by atoms with Crippen LogP contribution in [0.2, 0.25) is 0 Å². The molecule has 0 unspecified atom stereocenters. The Labute approximate surface area is 158 Å². The van der Waals surface area contributed by atoms with Crippen LogP contribution < -0.4 is 14.7 Å². The lowest BCUT2D eigenvalue weighted by molar-refractivity contribution is 0.472. The third-order valence-corrected chi connectivity index (χ3v) is 4.96. The van der Waals surface area contributed by atoms with E-state index in [0.717, 1.165) is 55.0 Å².